The van der Waals surface area contributed by atoms with Gasteiger partial charge in [0.1, 0.15) is 18.1 Å². The molecule has 2 amide bonds. The van der Waals surface area contributed by atoms with Gasteiger partial charge in [0, 0.05) is 57.8 Å². The molecule has 3 aliphatic heterocycles. The van der Waals surface area contributed by atoms with Crippen molar-refractivity contribution in [3.8, 4) is 0 Å². The number of amides is 2. The average Bonchev–Trinajstić information content (AvgIpc) is 3.39. The fourth-order valence-electron chi connectivity index (χ4n) is 4.74. The maximum atomic E-state index is 12.6. The van der Waals surface area contributed by atoms with E-state index in [-0.39, 0.29) is 36.5 Å². The minimum Gasteiger partial charge on any atom is -0.462 e. The van der Waals surface area contributed by atoms with Crippen LogP contribution in [0.25, 0.3) is 0 Å². The van der Waals surface area contributed by atoms with Crippen molar-refractivity contribution < 1.29 is 19.1 Å². The first kappa shape index (κ1) is 21.3. The summed E-state index contributed by atoms with van der Waals surface area (Å²) < 4.78 is 5.53. The first-order valence-electron chi connectivity index (χ1n) is 10.9. The number of rotatable bonds is 7. The third kappa shape index (κ3) is 4.85. The number of nitrogens with one attached hydrogen (secondary N) is 2. The lowest BCUT2D eigenvalue weighted by molar-refractivity contribution is -0.133. The highest BCUT2D eigenvalue weighted by molar-refractivity contribution is 5.83. The number of nitrogens with zero attached hydrogens (tertiary/aromatic N) is 3. The van der Waals surface area contributed by atoms with E-state index in [1.54, 1.807) is 6.07 Å². The van der Waals surface area contributed by atoms with Crippen molar-refractivity contribution in [3.05, 3.63) is 23.7 Å². The summed E-state index contributed by atoms with van der Waals surface area (Å²) >= 11 is 0. The van der Waals surface area contributed by atoms with Crippen LogP contribution in [0.3, 0.4) is 0 Å². The van der Waals surface area contributed by atoms with E-state index in [0.29, 0.717) is 25.3 Å². The summed E-state index contributed by atoms with van der Waals surface area (Å²) in [6.07, 6.45) is 2.05. The minimum absolute atomic E-state index is 0.0847. The number of aliphatic hydroxyl groups excluding tert-OH is 1. The van der Waals surface area contributed by atoms with E-state index >= 15 is 0 Å². The Bertz CT molecular complexity index is 746. The van der Waals surface area contributed by atoms with Crippen molar-refractivity contribution in [2.75, 3.05) is 46.3 Å². The second-order valence-electron chi connectivity index (χ2n) is 8.67. The smallest absolute Gasteiger partial charge is 0.237 e. The summed E-state index contributed by atoms with van der Waals surface area (Å²) in [5.41, 5.74) is 0. The summed E-state index contributed by atoms with van der Waals surface area (Å²) in [6, 6.07) is 3.89. The van der Waals surface area contributed by atoms with Crippen LogP contribution in [0.2, 0.25) is 0 Å². The number of carbonyl (C=O) groups excluding carboxylic acids is 2. The van der Waals surface area contributed by atoms with E-state index in [1.807, 2.05) is 11.0 Å². The molecular formula is C21H33N5O4. The van der Waals surface area contributed by atoms with E-state index in [9.17, 15) is 9.59 Å². The molecule has 3 aliphatic rings. The largest absolute Gasteiger partial charge is 0.462 e. The quantitative estimate of drug-likeness (QED) is 0.540. The molecule has 4 heterocycles. The zero-order valence-electron chi connectivity index (χ0n) is 17.7. The number of piperazine rings is 2. The normalized spacial score (nSPS) is 27.9. The molecule has 0 spiro atoms. The fraction of sp³-hybridized carbons (Fsp3) is 0.714. The van der Waals surface area contributed by atoms with Crippen LogP contribution in [0, 0.1) is 0 Å². The highest BCUT2D eigenvalue weighted by atomic mass is 16.4. The molecule has 1 aromatic rings. The third-order valence-electron chi connectivity index (χ3n) is 6.61. The number of likely N-dealkylation sites (N-methyl/N-ethyl adjacent to an activating group) is 1. The molecule has 0 bridgehead atoms. The number of furan rings is 1. The first-order valence-corrected chi connectivity index (χ1v) is 10.9. The third-order valence-corrected chi connectivity index (χ3v) is 6.61. The van der Waals surface area contributed by atoms with Gasteiger partial charge in [-0.3, -0.25) is 14.5 Å². The highest BCUT2D eigenvalue weighted by Gasteiger charge is 2.43. The molecule has 3 saturated heterocycles. The Labute approximate surface area is 177 Å². The van der Waals surface area contributed by atoms with E-state index in [4.69, 9.17) is 9.52 Å². The van der Waals surface area contributed by atoms with Crippen LogP contribution in [-0.2, 0) is 22.7 Å². The van der Waals surface area contributed by atoms with Gasteiger partial charge in [-0.1, -0.05) is 0 Å². The lowest BCUT2D eigenvalue weighted by Crippen LogP contribution is -2.58. The van der Waals surface area contributed by atoms with Crippen LogP contribution in [0.4, 0.5) is 0 Å². The molecule has 3 atom stereocenters. The van der Waals surface area contributed by atoms with Crippen molar-refractivity contribution in [1.29, 1.82) is 0 Å². The second-order valence-corrected chi connectivity index (χ2v) is 8.67. The van der Waals surface area contributed by atoms with Gasteiger partial charge in [-0.05, 0) is 32.0 Å². The van der Waals surface area contributed by atoms with E-state index in [1.165, 1.54) is 0 Å². The summed E-state index contributed by atoms with van der Waals surface area (Å²) in [5.74, 6) is 1.65. The molecule has 0 aliphatic carbocycles. The zero-order valence-corrected chi connectivity index (χ0v) is 17.7. The van der Waals surface area contributed by atoms with E-state index in [0.717, 1.165) is 51.3 Å². The number of aliphatic hydroxyl groups is 1. The molecule has 1 aromatic heterocycles. The van der Waals surface area contributed by atoms with Gasteiger partial charge >= 0.3 is 0 Å². The van der Waals surface area contributed by atoms with Crippen molar-refractivity contribution >= 4 is 11.8 Å². The first-order chi connectivity index (χ1) is 14.5. The molecule has 3 fully saturated rings. The Hall–Kier alpha value is -1.94. The van der Waals surface area contributed by atoms with Gasteiger partial charge in [-0.25, -0.2) is 0 Å². The standard InChI is InChI=1S/C21H33N5O4/c1-24-6-8-25(9-7-24)20(28)5-2-16-11-23-21(29)19-10-15(13-26(16)19)22-12-17-3-4-18(14-27)30-17/h3-4,15-16,19,22,27H,2,5-14H2,1H3,(H,23,29)/t15-,16+,19-/m0/s1. The predicted octanol–water partition coefficient (Wildman–Crippen LogP) is -0.643. The molecule has 4 rings (SSSR count). The molecule has 0 saturated carbocycles. The molecule has 0 aromatic carbocycles. The lowest BCUT2D eigenvalue weighted by Gasteiger charge is -2.38. The SMILES string of the molecule is CN1CCN(C(=O)CC[C@@H]2CNC(=O)[C@@H]3C[C@H](NCc4ccc(CO)o4)CN23)CC1. The number of hydrogen-bond donors (Lipinski definition) is 3. The minimum atomic E-state index is -0.135. The average molecular weight is 420 g/mol. The van der Waals surface area contributed by atoms with Gasteiger partial charge in [0.2, 0.25) is 11.8 Å². The molecule has 9 nitrogen and oxygen atoms in total. The summed E-state index contributed by atoms with van der Waals surface area (Å²) in [7, 11) is 2.09. The molecular weight excluding hydrogens is 386 g/mol. The van der Waals surface area contributed by atoms with Gasteiger partial charge in [0.15, 0.2) is 0 Å². The monoisotopic (exact) mass is 419 g/mol. The Balaban J connectivity index is 1.28. The maximum Gasteiger partial charge on any atom is 0.237 e. The van der Waals surface area contributed by atoms with Gasteiger partial charge < -0.3 is 30.0 Å². The Morgan fingerprint density at radius 3 is 2.77 bits per heavy atom. The summed E-state index contributed by atoms with van der Waals surface area (Å²) in [6.45, 7) is 5.34. The molecule has 0 radical (unpaired) electrons. The van der Waals surface area contributed by atoms with Crippen LogP contribution in [0.1, 0.15) is 30.8 Å². The summed E-state index contributed by atoms with van der Waals surface area (Å²) in [4.78, 5) is 31.5. The van der Waals surface area contributed by atoms with Crippen LogP contribution < -0.4 is 10.6 Å². The van der Waals surface area contributed by atoms with Crippen molar-refractivity contribution in [3.63, 3.8) is 0 Å². The number of hydrogen-bond acceptors (Lipinski definition) is 7. The van der Waals surface area contributed by atoms with Gasteiger partial charge in [-0.2, -0.15) is 0 Å². The Kier molecular flexibility index (Phi) is 6.72. The van der Waals surface area contributed by atoms with Crippen LogP contribution in [-0.4, -0.2) is 96.1 Å². The van der Waals surface area contributed by atoms with Gasteiger partial charge in [-0.15, -0.1) is 0 Å². The Morgan fingerprint density at radius 2 is 2.03 bits per heavy atom. The van der Waals surface area contributed by atoms with Crippen molar-refractivity contribution in [1.82, 2.24) is 25.3 Å². The van der Waals surface area contributed by atoms with E-state index < -0.39 is 0 Å². The summed E-state index contributed by atoms with van der Waals surface area (Å²) in [5, 5.41) is 15.6. The van der Waals surface area contributed by atoms with E-state index in [2.05, 4.69) is 27.5 Å². The fourth-order valence-corrected chi connectivity index (χ4v) is 4.74. The van der Waals surface area contributed by atoms with Crippen molar-refractivity contribution in [2.45, 2.75) is 50.5 Å². The molecule has 9 heteroatoms. The van der Waals surface area contributed by atoms with Crippen LogP contribution >= 0.6 is 0 Å². The Morgan fingerprint density at radius 1 is 1.27 bits per heavy atom. The highest BCUT2D eigenvalue weighted by Crippen LogP contribution is 2.26. The van der Waals surface area contributed by atoms with Crippen LogP contribution in [0.15, 0.2) is 16.5 Å². The van der Waals surface area contributed by atoms with Crippen molar-refractivity contribution in [2.24, 2.45) is 0 Å². The number of fused-ring (bicyclic) bond motifs is 1. The lowest BCUT2D eigenvalue weighted by atomic mass is 10.0. The topological polar surface area (TPSA) is 101 Å². The van der Waals surface area contributed by atoms with Crippen LogP contribution in [0.5, 0.6) is 0 Å². The predicted molar refractivity (Wildman–Crippen MR) is 110 cm³/mol. The molecule has 0 unspecified atom stereocenters. The second kappa shape index (κ2) is 9.47. The molecule has 3 N–H and O–H groups in total. The zero-order chi connectivity index (χ0) is 21.1. The van der Waals surface area contributed by atoms with Gasteiger partial charge in [0.05, 0.1) is 12.6 Å². The maximum absolute atomic E-state index is 12.6. The van der Waals surface area contributed by atoms with Gasteiger partial charge in [0.25, 0.3) is 0 Å². The molecule has 30 heavy (non-hydrogen) atoms. The molecule has 166 valence electrons. The number of carbonyl (C=O) groups is 2.